The van der Waals surface area contributed by atoms with Crippen molar-refractivity contribution >= 4 is 30.3 Å². The first kappa shape index (κ1) is 27.6. The van der Waals surface area contributed by atoms with Crippen molar-refractivity contribution in [2.75, 3.05) is 13.1 Å². The van der Waals surface area contributed by atoms with E-state index in [0.717, 1.165) is 49.9 Å². The Morgan fingerprint density at radius 3 is 2.38 bits per heavy atom. The normalized spacial score (nSPS) is 12.7. The Hall–Kier alpha value is -2.64. The van der Waals surface area contributed by atoms with Crippen molar-refractivity contribution in [2.45, 2.75) is 57.7 Å². The number of Topliss-reactive ketones (excluding diaryl/α,β-unsaturated/α-hetero) is 1. The summed E-state index contributed by atoms with van der Waals surface area (Å²) in [5.41, 5.74) is 3.02. The van der Waals surface area contributed by atoms with Crippen LogP contribution in [-0.4, -0.2) is 41.1 Å². The Morgan fingerprint density at radius 2 is 1.71 bits per heavy atom. The lowest BCUT2D eigenvalue weighted by atomic mass is 9.99. The van der Waals surface area contributed by atoms with E-state index in [2.05, 4.69) is 23.3 Å². The number of thiol groups is 1. The van der Waals surface area contributed by atoms with Gasteiger partial charge in [-0.25, -0.2) is 4.79 Å². The number of benzene rings is 2. The third-order valence-electron chi connectivity index (χ3n) is 5.97. The molecule has 2 rings (SSSR count). The van der Waals surface area contributed by atoms with Crippen LogP contribution < -0.4 is 10.6 Å². The third-order valence-corrected chi connectivity index (χ3v) is 6.72. The molecule has 0 bridgehead atoms. The molecule has 7 heteroatoms. The van der Waals surface area contributed by atoms with Crippen molar-refractivity contribution in [3.8, 4) is 11.1 Å². The minimum absolute atomic E-state index is 0.0514. The lowest BCUT2D eigenvalue weighted by molar-refractivity contribution is -0.125. The molecule has 0 saturated carbocycles. The van der Waals surface area contributed by atoms with Crippen LogP contribution in [0.3, 0.4) is 0 Å². The van der Waals surface area contributed by atoms with Gasteiger partial charge in [0.25, 0.3) is 0 Å². The molecule has 0 fully saturated rings. The quantitative estimate of drug-likeness (QED) is 0.217. The Morgan fingerprint density at radius 1 is 1.00 bits per heavy atom. The van der Waals surface area contributed by atoms with Crippen LogP contribution in [0.4, 0.5) is 0 Å². The van der Waals surface area contributed by atoms with Crippen molar-refractivity contribution in [3.63, 3.8) is 0 Å². The van der Waals surface area contributed by atoms with Gasteiger partial charge in [0, 0.05) is 13.0 Å². The van der Waals surface area contributed by atoms with E-state index in [1.807, 2.05) is 50.2 Å². The molecule has 0 spiro atoms. The highest BCUT2D eigenvalue weighted by Crippen LogP contribution is 2.24. The predicted octanol–water partition coefficient (Wildman–Crippen LogP) is 4.73. The Bertz CT molecular complexity index is 946. The number of carboxylic acids is 1. The van der Waals surface area contributed by atoms with E-state index in [1.165, 1.54) is 0 Å². The summed E-state index contributed by atoms with van der Waals surface area (Å²) < 4.78 is 0. The number of aromatic carboxylic acids is 1. The monoisotopic (exact) mass is 484 g/mol. The fourth-order valence-electron chi connectivity index (χ4n) is 3.57. The molecule has 2 aromatic rings. The highest BCUT2D eigenvalue weighted by molar-refractivity contribution is 7.81. The first-order valence-corrected chi connectivity index (χ1v) is 12.4. The van der Waals surface area contributed by atoms with E-state index in [0.29, 0.717) is 17.5 Å². The number of hydrogen-bond donors (Lipinski definition) is 4. The summed E-state index contributed by atoms with van der Waals surface area (Å²) in [5, 5.41) is 15.1. The molecular formula is C27H36N2O4S. The van der Waals surface area contributed by atoms with Crippen LogP contribution >= 0.6 is 12.6 Å². The van der Waals surface area contributed by atoms with Crippen molar-refractivity contribution in [1.82, 2.24) is 10.6 Å². The number of carbonyl (C=O) groups excluding carboxylic acids is 2. The lowest BCUT2D eigenvalue weighted by Crippen LogP contribution is -2.38. The zero-order valence-electron chi connectivity index (χ0n) is 20.0. The van der Waals surface area contributed by atoms with E-state index in [-0.39, 0.29) is 29.4 Å². The van der Waals surface area contributed by atoms with Crippen LogP contribution in [0.15, 0.2) is 48.5 Å². The maximum atomic E-state index is 12.0. The molecule has 1 amide bonds. The molecule has 2 aromatic carbocycles. The molecule has 184 valence electrons. The Labute approximate surface area is 207 Å². The summed E-state index contributed by atoms with van der Waals surface area (Å²) in [4.78, 5) is 35.4. The lowest BCUT2D eigenvalue weighted by Gasteiger charge is -2.16. The molecule has 0 aromatic heterocycles. The average molecular weight is 485 g/mol. The molecule has 0 heterocycles. The fourth-order valence-corrected chi connectivity index (χ4v) is 3.87. The third kappa shape index (κ3) is 8.95. The molecule has 2 atom stereocenters. The first-order chi connectivity index (χ1) is 16.3. The molecule has 0 saturated heterocycles. The van der Waals surface area contributed by atoms with E-state index < -0.39 is 5.97 Å². The molecular weight excluding hydrogens is 448 g/mol. The highest BCUT2D eigenvalue weighted by atomic mass is 32.1. The van der Waals surface area contributed by atoms with Gasteiger partial charge in [0.15, 0.2) is 5.78 Å². The fraction of sp³-hybridized carbons (Fsp3) is 0.444. The van der Waals surface area contributed by atoms with Gasteiger partial charge in [-0.1, -0.05) is 69.2 Å². The molecule has 3 N–H and O–H groups in total. The minimum atomic E-state index is -0.930. The van der Waals surface area contributed by atoms with Crippen LogP contribution in [0.25, 0.3) is 11.1 Å². The Balaban J connectivity index is 1.61. The van der Waals surface area contributed by atoms with Crippen LogP contribution in [0.2, 0.25) is 0 Å². The zero-order valence-corrected chi connectivity index (χ0v) is 20.9. The number of amides is 1. The van der Waals surface area contributed by atoms with Crippen LogP contribution in [0.1, 0.15) is 61.9 Å². The summed E-state index contributed by atoms with van der Waals surface area (Å²) in [6.45, 7) is 5.65. The van der Waals surface area contributed by atoms with Crippen molar-refractivity contribution in [2.24, 2.45) is 5.92 Å². The second-order valence-electron chi connectivity index (χ2n) is 8.62. The second kappa shape index (κ2) is 14.6. The maximum absolute atomic E-state index is 12.0. The van der Waals surface area contributed by atoms with Gasteiger partial charge in [-0.2, -0.15) is 12.6 Å². The number of unbranched alkanes of at least 4 members (excludes halogenated alkanes) is 2. The average Bonchev–Trinajstić information content (AvgIpc) is 2.86. The summed E-state index contributed by atoms with van der Waals surface area (Å²) in [7, 11) is 0. The molecule has 6 nitrogen and oxygen atoms in total. The van der Waals surface area contributed by atoms with Gasteiger partial charge < -0.3 is 15.7 Å². The van der Waals surface area contributed by atoms with Crippen molar-refractivity contribution in [3.05, 3.63) is 59.7 Å². The zero-order chi connectivity index (χ0) is 24.9. The maximum Gasteiger partial charge on any atom is 0.336 e. The summed E-state index contributed by atoms with van der Waals surface area (Å²) >= 11 is 4.33. The number of carboxylic acid groups (broad SMARTS) is 1. The smallest absolute Gasteiger partial charge is 0.336 e. The molecule has 34 heavy (non-hydrogen) atoms. The molecule has 0 aliphatic carbocycles. The van der Waals surface area contributed by atoms with E-state index >= 15 is 0 Å². The van der Waals surface area contributed by atoms with Gasteiger partial charge in [0.2, 0.25) is 5.91 Å². The van der Waals surface area contributed by atoms with Crippen LogP contribution in [0.5, 0.6) is 0 Å². The molecule has 0 aliphatic heterocycles. The topological polar surface area (TPSA) is 95.5 Å². The molecule has 0 aliphatic rings. The van der Waals surface area contributed by atoms with Crippen LogP contribution in [-0.2, 0) is 16.1 Å². The second-order valence-corrected chi connectivity index (χ2v) is 9.18. The van der Waals surface area contributed by atoms with Gasteiger partial charge in [0.1, 0.15) is 0 Å². The molecule has 2 unspecified atom stereocenters. The van der Waals surface area contributed by atoms with E-state index in [4.69, 9.17) is 0 Å². The van der Waals surface area contributed by atoms with Crippen molar-refractivity contribution in [1.29, 1.82) is 0 Å². The van der Waals surface area contributed by atoms with Crippen LogP contribution in [0, 0.1) is 5.92 Å². The minimum Gasteiger partial charge on any atom is -0.478 e. The standard InChI is InChI=1S/C27H36N2O4S/c1-3-19(2)25(34)26(31)29-18-22(30)9-5-4-8-16-28-17-20-12-14-21(15-13-20)23-10-6-7-11-24(23)27(32)33/h6-7,10-15,19,25,28,34H,3-5,8-9,16-18H2,1-2H3,(H,29,31)(H,32,33). The number of ketones is 1. The predicted molar refractivity (Wildman–Crippen MR) is 139 cm³/mol. The SMILES string of the molecule is CCC(C)C(S)C(=O)NCC(=O)CCCCCNCc1ccc(-c2ccccc2C(=O)O)cc1. The Kier molecular flexibility index (Phi) is 11.8. The van der Waals surface area contributed by atoms with E-state index in [1.54, 1.807) is 12.1 Å². The number of hydrogen-bond acceptors (Lipinski definition) is 5. The first-order valence-electron chi connectivity index (χ1n) is 11.9. The number of carbonyl (C=O) groups is 3. The summed E-state index contributed by atoms with van der Waals surface area (Å²) in [5.74, 6) is -0.872. The molecule has 0 radical (unpaired) electrons. The summed E-state index contributed by atoms with van der Waals surface area (Å²) in [6.07, 6.45) is 4.07. The van der Waals surface area contributed by atoms with Gasteiger partial charge in [-0.3, -0.25) is 9.59 Å². The van der Waals surface area contributed by atoms with Crippen molar-refractivity contribution < 1.29 is 19.5 Å². The summed E-state index contributed by atoms with van der Waals surface area (Å²) in [6, 6.07) is 14.9. The van der Waals surface area contributed by atoms with Gasteiger partial charge in [0.05, 0.1) is 17.4 Å². The van der Waals surface area contributed by atoms with Gasteiger partial charge in [-0.15, -0.1) is 0 Å². The number of nitrogens with one attached hydrogen (secondary N) is 2. The largest absolute Gasteiger partial charge is 0.478 e. The van der Waals surface area contributed by atoms with Gasteiger partial charge in [-0.05, 0) is 48.1 Å². The van der Waals surface area contributed by atoms with E-state index in [9.17, 15) is 19.5 Å². The highest BCUT2D eigenvalue weighted by Gasteiger charge is 2.20. The number of rotatable bonds is 15. The van der Waals surface area contributed by atoms with Gasteiger partial charge >= 0.3 is 5.97 Å².